The van der Waals surface area contributed by atoms with E-state index in [2.05, 4.69) is 9.17 Å². The van der Waals surface area contributed by atoms with Gasteiger partial charge in [-0.2, -0.15) is 21.6 Å². The molecule has 0 atom stereocenters. The maximum atomic E-state index is 12.4. The van der Waals surface area contributed by atoms with Crippen LogP contribution in [0, 0.1) is 0 Å². The van der Waals surface area contributed by atoms with Crippen LogP contribution in [0.5, 0.6) is 5.75 Å². The molecule has 0 fully saturated rings. The van der Waals surface area contributed by atoms with E-state index in [1.54, 1.807) is 30.3 Å². The molecule has 2 aromatic carbocycles. The van der Waals surface area contributed by atoms with E-state index in [0.717, 1.165) is 12.1 Å². The van der Waals surface area contributed by atoms with Gasteiger partial charge in [-0.25, -0.2) is 4.98 Å². The molecule has 0 radical (unpaired) electrons. The lowest BCUT2D eigenvalue weighted by Gasteiger charge is -2.11. The van der Waals surface area contributed by atoms with Gasteiger partial charge in [0.05, 0.1) is 21.3 Å². The highest BCUT2D eigenvalue weighted by Crippen LogP contribution is 2.35. The Morgan fingerprint density at radius 3 is 2.23 bits per heavy atom. The molecular formula is C16H8Cl2F3NO3S. The van der Waals surface area contributed by atoms with Crippen molar-refractivity contribution in [3.05, 3.63) is 58.6 Å². The third-order valence-corrected chi connectivity index (χ3v) is 4.98. The molecule has 1 heterocycles. The van der Waals surface area contributed by atoms with Crippen molar-refractivity contribution in [1.82, 2.24) is 4.98 Å². The molecule has 0 spiro atoms. The molecule has 10 heteroatoms. The van der Waals surface area contributed by atoms with E-state index >= 15 is 0 Å². The molecule has 26 heavy (non-hydrogen) atoms. The highest BCUT2D eigenvalue weighted by molar-refractivity contribution is 7.88. The molecule has 3 rings (SSSR count). The molecule has 0 unspecified atom stereocenters. The van der Waals surface area contributed by atoms with Crippen molar-refractivity contribution in [2.24, 2.45) is 0 Å². The molecule has 0 bridgehead atoms. The lowest BCUT2D eigenvalue weighted by molar-refractivity contribution is -0.0500. The van der Waals surface area contributed by atoms with E-state index in [4.69, 9.17) is 23.2 Å². The van der Waals surface area contributed by atoms with Crippen LogP contribution in [0.3, 0.4) is 0 Å². The first kappa shape index (κ1) is 18.8. The highest BCUT2D eigenvalue weighted by Gasteiger charge is 2.48. The van der Waals surface area contributed by atoms with Crippen molar-refractivity contribution in [1.29, 1.82) is 0 Å². The molecular weight excluding hydrogens is 414 g/mol. The first-order chi connectivity index (χ1) is 12.1. The molecule has 0 N–H and O–H groups in total. The number of benzene rings is 2. The Kier molecular flexibility index (Phi) is 4.76. The average Bonchev–Trinajstić information content (AvgIpc) is 2.53. The van der Waals surface area contributed by atoms with Crippen molar-refractivity contribution in [2.45, 2.75) is 5.51 Å². The van der Waals surface area contributed by atoms with Crippen LogP contribution in [0.4, 0.5) is 13.2 Å². The standard InChI is InChI=1S/C16H8Cl2F3NO3S/c17-11-2-1-3-12(18)15(11)14-6-4-9-8-10(5-7-13(9)22-14)25-26(23,24)16(19,20)21/h1-8H. The van der Waals surface area contributed by atoms with Crippen molar-refractivity contribution >= 4 is 44.2 Å². The minimum absolute atomic E-state index is 0.381. The number of halogens is 5. The number of hydrogen-bond donors (Lipinski definition) is 0. The summed E-state index contributed by atoms with van der Waals surface area (Å²) in [5.41, 5.74) is -4.14. The van der Waals surface area contributed by atoms with E-state index < -0.39 is 21.4 Å². The minimum atomic E-state index is -5.74. The fraction of sp³-hybridized carbons (Fsp3) is 0.0625. The van der Waals surface area contributed by atoms with E-state index in [1.807, 2.05) is 0 Å². The molecule has 0 amide bonds. The summed E-state index contributed by atoms with van der Waals surface area (Å²) < 4.78 is 63.5. The zero-order chi connectivity index (χ0) is 19.1. The minimum Gasteiger partial charge on any atom is -0.376 e. The van der Waals surface area contributed by atoms with Crippen LogP contribution in [0.1, 0.15) is 0 Å². The summed E-state index contributed by atoms with van der Waals surface area (Å²) in [6.45, 7) is 0. The van der Waals surface area contributed by atoms with Crippen LogP contribution in [0.25, 0.3) is 22.2 Å². The van der Waals surface area contributed by atoms with Gasteiger partial charge in [-0.1, -0.05) is 35.3 Å². The SMILES string of the molecule is O=S(=O)(Oc1ccc2nc(-c3c(Cl)cccc3Cl)ccc2c1)C(F)(F)F. The van der Waals surface area contributed by atoms with Crippen molar-refractivity contribution in [3.63, 3.8) is 0 Å². The van der Waals surface area contributed by atoms with Gasteiger partial charge in [-0.3, -0.25) is 0 Å². The van der Waals surface area contributed by atoms with Crippen molar-refractivity contribution in [3.8, 4) is 17.0 Å². The largest absolute Gasteiger partial charge is 0.534 e. The Morgan fingerprint density at radius 2 is 1.62 bits per heavy atom. The number of nitrogens with zero attached hydrogens (tertiary/aromatic N) is 1. The van der Waals surface area contributed by atoms with Crippen molar-refractivity contribution < 1.29 is 25.8 Å². The summed E-state index contributed by atoms with van der Waals surface area (Å²) in [6.07, 6.45) is 0. The van der Waals surface area contributed by atoms with Crippen LogP contribution in [0.15, 0.2) is 48.5 Å². The van der Waals surface area contributed by atoms with Crippen LogP contribution in [-0.4, -0.2) is 18.9 Å². The highest BCUT2D eigenvalue weighted by atomic mass is 35.5. The van der Waals surface area contributed by atoms with E-state index in [9.17, 15) is 21.6 Å². The lowest BCUT2D eigenvalue weighted by Crippen LogP contribution is -2.28. The Morgan fingerprint density at radius 1 is 0.962 bits per heavy atom. The fourth-order valence-corrected chi connectivity index (χ4v) is 3.25. The van der Waals surface area contributed by atoms with Crippen LogP contribution in [-0.2, 0) is 10.1 Å². The van der Waals surface area contributed by atoms with Gasteiger partial charge in [-0.05, 0) is 36.4 Å². The van der Waals surface area contributed by atoms with Crippen LogP contribution in [0.2, 0.25) is 10.0 Å². The Hall–Kier alpha value is -2.03. The Balaban J connectivity index is 2.02. The number of fused-ring (bicyclic) bond motifs is 1. The van der Waals surface area contributed by atoms with Crippen LogP contribution >= 0.6 is 23.2 Å². The second kappa shape index (κ2) is 6.61. The molecule has 3 aromatic rings. The monoisotopic (exact) mass is 421 g/mol. The summed E-state index contributed by atoms with van der Waals surface area (Å²) in [6, 6.07) is 11.6. The van der Waals surface area contributed by atoms with Gasteiger partial charge in [0.25, 0.3) is 0 Å². The third-order valence-electron chi connectivity index (χ3n) is 3.37. The first-order valence-corrected chi connectivity index (χ1v) is 9.11. The Labute approximate surface area is 156 Å². The summed E-state index contributed by atoms with van der Waals surface area (Å²) in [5.74, 6) is -0.472. The molecule has 0 saturated heterocycles. The first-order valence-electron chi connectivity index (χ1n) is 6.94. The second-order valence-electron chi connectivity index (χ2n) is 5.13. The summed E-state index contributed by atoms with van der Waals surface area (Å²) in [5, 5.41) is 1.16. The van der Waals surface area contributed by atoms with Gasteiger partial charge in [0.15, 0.2) is 0 Å². The predicted octanol–water partition coefficient (Wildman–Crippen LogP) is 5.44. The van der Waals surface area contributed by atoms with Gasteiger partial charge in [0, 0.05) is 10.9 Å². The maximum absolute atomic E-state index is 12.4. The lowest BCUT2D eigenvalue weighted by atomic mass is 10.1. The molecule has 0 aliphatic carbocycles. The van der Waals surface area contributed by atoms with Gasteiger partial charge < -0.3 is 4.18 Å². The number of aromatic nitrogens is 1. The Bertz CT molecular complexity index is 1080. The predicted molar refractivity (Wildman–Crippen MR) is 92.8 cm³/mol. The summed E-state index contributed by atoms with van der Waals surface area (Å²) in [7, 11) is -5.74. The zero-order valence-corrected chi connectivity index (χ0v) is 14.9. The fourth-order valence-electron chi connectivity index (χ4n) is 2.21. The van der Waals surface area contributed by atoms with E-state index in [1.165, 1.54) is 6.07 Å². The van der Waals surface area contributed by atoms with Gasteiger partial charge in [0.1, 0.15) is 5.75 Å². The third kappa shape index (κ3) is 3.58. The molecule has 0 saturated carbocycles. The quantitative estimate of drug-likeness (QED) is 0.417. The van der Waals surface area contributed by atoms with Crippen molar-refractivity contribution in [2.75, 3.05) is 0 Å². The average molecular weight is 422 g/mol. The van der Waals surface area contributed by atoms with E-state index in [0.29, 0.717) is 32.2 Å². The molecule has 0 aliphatic heterocycles. The van der Waals surface area contributed by atoms with Gasteiger partial charge in [0.2, 0.25) is 0 Å². The van der Waals surface area contributed by atoms with E-state index in [-0.39, 0.29) is 0 Å². The topological polar surface area (TPSA) is 56.3 Å². The zero-order valence-electron chi connectivity index (χ0n) is 12.6. The van der Waals surface area contributed by atoms with Crippen LogP contribution < -0.4 is 4.18 Å². The molecule has 4 nitrogen and oxygen atoms in total. The number of alkyl halides is 3. The maximum Gasteiger partial charge on any atom is 0.534 e. The normalized spacial score (nSPS) is 12.3. The number of rotatable bonds is 3. The molecule has 136 valence electrons. The number of pyridine rings is 1. The smallest absolute Gasteiger partial charge is 0.376 e. The molecule has 0 aliphatic rings. The van der Waals surface area contributed by atoms with Gasteiger partial charge in [-0.15, -0.1) is 0 Å². The molecule has 1 aromatic heterocycles. The summed E-state index contributed by atoms with van der Waals surface area (Å²) >= 11 is 12.3. The van der Waals surface area contributed by atoms with Gasteiger partial charge >= 0.3 is 15.6 Å². The number of hydrogen-bond acceptors (Lipinski definition) is 4. The summed E-state index contributed by atoms with van der Waals surface area (Å²) in [4.78, 5) is 4.36. The second-order valence-corrected chi connectivity index (χ2v) is 7.48.